The first-order valence-electron chi connectivity index (χ1n) is 8.24. The third-order valence-corrected chi connectivity index (χ3v) is 5.21. The van der Waals surface area contributed by atoms with E-state index in [-0.39, 0.29) is 11.7 Å². The van der Waals surface area contributed by atoms with Crippen LogP contribution >= 0.6 is 27.5 Å². The molecule has 132 valence electrons. The van der Waals surface area contributed by atoms with Gasteiger partial charge in [-0.15, -0.1) is 0 Å². The van der Waals surface area contributed by atoms with Crippen LogP contribution in [0.25, 0.3) is 0 Å². The zero-order valence-corrected chi connectivity index (χ0v) is 16.1. The molecule has 0 unspecified atom stereocenters. The summed E-state index contributed by atoms with van der Waals surface area (Å²) in [6.45, 7) is 3.40. The van der Waals surface area contributed by atoms with Crippen LogP contribution in [-0.2, 0) is 6.54 Å². The van der Waals surface area contributed by atoms with E-state index in [1.807, 2.05) is 23.1 Å². The molecule has 1 heterocycles. The van der Waals surface area contributed by atoms with Crippen molar-refractivity contribution in [1.82, 2.24) is 9.80 Å². The van der Waals surface area contributed by atoms with E-state index in [0.29, 0.717) is 42.3 Å². The summed E-state index contributed by atoms with van der Waals surface area (Å²) in [7, 11) is 0. The Bertz CT molecular complexity index is 771. The molecule has 0 atom stereocenters. The van der Waals surface area contributed by atoms with Crippen LogP contribution in [0.1, 0.15) is 22.3 Å². The fraction of sp³-hybridized carbons (Fsp3) is 0.316. The van der Waals surface area contributed by atoms with Crippen LogP contribution in [0.2, 0.25) is 5.02 Å². The highest BCUT2D eigenvalue weighted by atomic mass is 79.9. The van der Waals surface area contributed by atoms with Crippen LogP contribution < -0.4 is 0 Å². The van der Waals surface area contributed by atoms with Crippen molar-refractivity contribution in [1.29, 1.82) is 0 Å². The number of nitrogens with zero attached hydrogens (tertiary/aromatic N) is 2. The summed E-state index contributed by atoms with van der Waals surface area (Å²) in [6.07, 6.45) is 0.853. The number of rotatable bonds is 3. The molecule has 1 aliphatic rings. The molecule has 25 heavy (non-hydrogen) atoms. The van der Waals surface area contributed by atoms with Crippen LogP contribution in [0.3, 0.4) is 0 Å². The Morgan fingerprint density at radius 2 is 1.92 bits per heavy atom. The summed E-state index contributed by atoms with van der Waals surface area (Å²) in [6, 6.07) is 12.1. The Morgan fingerprint density at radius 3 is 2.72 bits per heavy atom. The summed E-state index contributed by atoms with van der Waals surface area (Å²) < 4.78 is 14.7. The molecular formula is C19H19BrClFN2O. The second kappa shape index (κ2) is 8.30. The van der Waals surface area contributed by atoms with E-state index in [0.717, 1.165) is 17.4 Å². The van der Waals surface area contributed by atoms with E-state index < -0.39 is 0 Å². The largest absolute Gasteiger partial charge is 0.337 e. The summed E-state index contributed by atoms with van der Waals surface area (Å²) in [4.78, 5) is 16.8. The van der Waals surface area contributed by atoms with Crippen LogP contribution in [0.15, 0.2) is 46.9 Å². The Morgan fingerprint density at radius 1 is 1.12 bits per heavy atom. The van der Waals surface area contributed by atoms with Gasteiger partial charge in [-0.05, 0) is 30.7 Å². The molecular weight excluding hydrogens is 407 g/mol. The lowest BCUT2D eigenvalue weighted by Gasteiger charge is -2.22. The second-order valence-corrected chi connectivity index (χ2v) is 7.46. The van der Waals surface area contributed by atoms with Crippen molar-refractivity contribution in [2.45, 2.75) is 13.0 Å². The average Bonchev–Trinajstić information content (AvgIpc) is 2.84. The summed E-state index contributed by atoms with van der Waals surface area (Å²) in [5.74, 6) is -0.236. The molecule has 0 radical (unpaired) electrons. The van der Waals surface area contributed by atoms with Gasteiger partial charge in [0.1, 0.15) is 5.82 Å². The molecule has 1 saturated heterocycles. The number of carbonyl (C=O) groups excluding carboxylic acids is 1. The van der Waals surface area contributed by atoms with Crippen molar-refractivity contribution in [3.63, 3.8) is 0 Å². The molecule has 2 aromatic carbocycles. The van der Waals surface area contributed by atoms with Gasteiger partial charge in [0.25, 0.3) is 5.91 Å². The van der Waals surface area contributed by atoms with Crippen LogP contribution in [0.4, 0.5) is 4.39 Å². The Hall–Kier alpha value is -1.43. The number of carbonyl (C=O) groups is 1. The first-order chi connectivity index (χ1) is 12.0. The maximum atomic E-state index is 13.8. The predicted octanol–water partition coefficient (Wildman–Crippen LogP) is 4.59. The maximum Gasteiger partial charge on any atom is 0.255 e. The Balaban J connectivity index is 1.66. The van der Waals surface area contributed by atoms with Gasteiger partial charge in [-0.25, -0.2) is 4.39 Å². The van der Waals surface area contributed by atoms with Crippen molar-refractivity contribution < 1.29 is 9.18 Å². The molecule has 0 bridgehead atoms. The third kappa shape index (κ3) is 4.60. The molecule has 2 aromatic rings. The van der Waals surface area contributed by atoms with E-state index in [2.05, 4.69) is 20.8 Å². The zero-order valence-electron chi connectivity index (χ0n) is 13.7. The highest BCUT2D eigenvalue weighted by Gasteiger charge is 2.22. The third-order valence-electron chi connectivity index (χ3n) is 4.39. The molecule has 1 amide bonds. The second-order valence-electron chi connectivity index (χ2n) is 6.14. The van der Waals surface area contributed by atoms with Gasteiger partial charge < -0.3 is 4.90 Å². The fourth-order valence-corrected chi connectivity index (χ4v) is 3.59. The normalized spacial score (nSPS) is 15.9. The van der Waals surface area contributed by atoms with Gasteiger partial charge in [-0.3, -0.25) is 9.69 Å². The minimum absolute atomic E-state index is 0.0564. The van der Waals surface area contributed by atoms with E-state index in [1.165, 1.54) is 6.07 Å². The molecule has 1 aliphatic heterocycles. The topological polar surface area (TPSA) is 23.6 Å². The van der Waals surface area contributed by atoms with Gasteiger partial charge in [0, 0.05) is 42.8 Å². The molecule has 0 saturated carbocycles. The first kappa shape index (κ1) is 18.4. The van der Waals surface area contributed by atoms with Gasteiger partial charge in [-0.2, -0.15) is 0 Å². The maximum absolute atomic E-state index is 13.8. The number of hydrogen-bond acceptors (Lipinski definition) is 2. The van der Waals surface area contributed by atoms with Crippen molar-refractivity contribution in [3.8, 4) is 0 Å². The highest BCUT2D eigenvalue weighted by Crippen LogP contribution is 2.23. The van der Waals surface area contributed by atoms with Gasteiger partial charge in [-0.1, -0.05) is 45.7 Å². The van der Waals surface area contributed by atoms with E-state index >= 15 is 0 Å². The highest BCUT2D eigenvalue weighted by molar-refractivity contribution is 9.10. The molecule has 0 spiro atoms. The Labute approximate surface area is 160 Å². The summed E-state index contributed by atoms with van der Waals surface area (Å²) in [5, 5.41) is 0.459. The van der Waals surface area contributed by atoms with E-state index in [1.54, 1.807) is 18.2 Å². The lowest BCUT2D eigenvalue weighted by molar-refractivity contribution is 0.0761. The van der Waals surface area contributed by atoms with Crippen molar-refractivity contribution in [3.05, 3.63) is 68.9 Å². The lowest BCUT2D eigenvalue weighted by atomic mass is 10.2. The zero-order chi connectivity index (χ0) is 17.8. The van der Waals surface area contributed by atoms with E-state index in [9.17, 15) is 9.18 Å². The fourth-order valence-electron chi connectivity index (χ4n) is 3.03. The van der Waals surface area contributed by atoms with Gasteiger partial charge in [0.05, 0.1) is 10.6 Å². The summed E-state index contributed by atoms with van der Waals surface area (Å²) >= 11 is 9.57. The monoisotopic (exact) mass is 424 g/mol. The molecule has 3 rings (SSSR count). The Kier molecular flexibility index (Phi) is 6.10. The molecule has 0 aliphatic carbocycles. The average molecular weight is 426 g/mol. The lowest BCUT2D eigenvalue weighted by Crippen LogP contribution is -2.35. The van der Waals surface area contributed by atoms with Crippen molar-refractivity contribution >= 4 is 33.4 Å². The number of amides is 1. The molecule has 3 nitrogen and oxygen atoms in total. The van der Waals surface area contributed by atoms with Crippen LogP contribution in [0.5, 0.6) is 0 Å². The van der Waals surface area contributed by atoms with Crippen molar-refractivity contribution in [2.75, 3.05) is 26.2 Å². The minimum Gasteiger partial charge on any atom is -0.337 e. The SMILES string of the molecule is O=C(c1cc(Br)ccc1Cl)N1CCCN(Cc2ccccc2F)CC1. The molecule has 6 heteroatoms. The molecule has 1 fully saturated rings. The molecule has 0 aromatic heterocycles. The number of benzene rings is 2. The van der Waals surface area contributed by atoms with Crippen LogP contribution in [0, 0.1) is 5.82 Å². The van der Waals surface area contributed by atoms with Crippen LogP contribution in [-0.4, -0.2) is 41.9 Å². The van der Waals surface area contributed by atoms with Gasteiger partial charge in [0.15, 0.2) is 0 Å². The quantitative estimate of drug-likeness (QED) is 0.718. The summed E-state index contributed by atoms with van der Waals surface area (Å²) in [5.41, 5.74) is 1.20. The minimum atomic E-state index is -0.180. The van der Waals surface area contributed by atoms with Gasteiger partial charge in [0.2, 0.25) is 0 Å². The number of halogens is 3. The van der Waals surface area contributed by atoms with Crippen molar-refractivity contribution in [2.24, 2.45) is 0 Å². The predicted molar refractivity (Wildman–Crippen MR) is 101 cm³/mol. The van der Waals surface area contributed by atoms with Gasteiger partial charge >= 0.3 is 0 Å². The standard InChI is InChI=1S/C19H19BrClFN2O/c20-15-6-7-17(21)16(12-15)19(25)24-9-3-8-23(10-11-24)13-14-4-1-2-5-18(14)22/h1-2,4-7,12H,3,8-11,13H2. The van der Waals surface area contributed by atoms with E-state index in [4.69, 9.17) is 11.6 Å². The smallest absolute Gasteiger partial charge is 0.255 e. The number of hydrogen-bond donors (Lipinski definition) is 0. The first-order valence-corrected chi connectivity index (χ1v) is 9.42. The molecule has 0 N–H and O–H groups in total.